The molecule has 3 rings (SSSR count). The van der Waals surface area contributed by atoms with Gasteiger partial charge in [0.15, 0.2) is 0 Å². The molecule has 1 atom stereocenters. The Hall–Kier alpha value is -1.40. The third-order valence-electron chi connectivity index (χ3n) is 4.23. The summed E-state index contributed by atoms with van der Waals surface area (Å²) in [5.41, 5.74) is 2.51. The normalized spacial score (nSPS) is 17.0. The summed E-state index contributed by atoms with van der Waals surface area (Å²) in [5.74, 6) is -0.466. The first-order valence-corrected chi connectivity index (χ1v) is 9.75. The van der Waals surface area contributed by atoms with Gasteiger partial charge in [0, 0.05) is 16.7 Å². The second kappa shape index (κ2) is 6.84. The van der Waals surface area contributed by atoms with Gasteiger partial charge in [-0.1, -0.05) is 0 Å². The Balaban J connectivity index is 2.00. The molecule has 0 aromatic carbocycles. The SMILES string of the molecule is Cc1cc2n(c1C(=O)c1sccc1Br)CCCC2C(=O)OC(C)C. The molecule has 6 heteroatoms. The van der Waals surface area contributed by atoms with Gasteiger partial charge in [0.25, 0.3) is 0 Å². The van der Waals surface area contributed by atoms with Crippen molar-refractivity contribution >= 4 is 39.0 Å². The number of esters is 1. The predicted octanol–water partition coefficient (Wildman–Crippen LogP) is 4.68. The van der Waals surface area contributed by atoms with Crippen LogP contribution in [-0.4, -0.2) is 22.4 Å². The maximum atomic E-state index is 13.0. The number of thiophene rings is 1. The van der Waals surface area contributed by atoms with E-state index >= 15 is 0 Å². The van der Waals surface area contributed by atoms with E-state index in [1.54, 1.807) is 0 Å². The Morgan fingerprint density at radius 3 is 2.79 bits per heavy atom. The molecule has 24 heavy (non-hydrogen) atoms. The van der Waals surface area contributed by atoms with Gasteiger partial charge in [0.2, 0.25) is 5.78 Å². The highest BCUT2D eigenvalue weighted by Gasteiger charge is 2.33. The zero-order valence-electron chi connectivity index (χ0n) is 14.0. The molecule has 4 nitrogen and oxygen atoms in total. The molecule has 0 fully saturated rings. The lowest BCUT2D eigenvalue weighted by atomic mass is 9.96. The molecule has 0 amide bonds. The van der Waals surface area contributed by atoms with Crippen LogP contribution in [0.25, 0.3) is 0 Å². The largest absolute Gasteiger partial charge is 0.462 e. The lowest BCUT2D eigenvalue weighted by molar-refractivity contribution is -0.149. The molecular formula is C18H20BrNO3S. The van der Waals surface area contributed by atoms with Gasteiger partial charge in [-0.05, 0) is 72.6 Å². The van der Waals surface area contributed by atoms with Gasteiger partial charge in [0.1, 0.15) is 0 Å². The van der Waals surface area contributed by atoms with Crippen LogP contribution in [0.1, 0.15) is 59.2 Å². The van der Waals surface area contributed by atoms with Crippen LogP contribution >= 0.6 is 27.3 Å². The van der Waals surface area contributed by atoms with Crippen LogP contribution in [0.2, 0.25) is 0 Å². The molecule has 0 aliphatic carbocycles. The van der Waals surface area contributed by atoms with E-state index in [1.165, 1.54) is 11.3 Å². The summed E-state index contributed by atoms with van der Waals surface area (Å²) < 4.78 is 8.24. The van der Waals surface area contributed by atoms with Crippen molar-refractivity contribution in [1.29, 1.82) is 0 Å². The van der Waals surface area contributed by atoms with Gasteiger partial charge in [-0.15, -0.1) is 11.3 Å². The number of carbonyl (C=O) groups is 2. The first kappa shape index (κ1) is 17.4. The molecule has 3 heterocycles. The van der Waals surface area contributed by atoms with E-state index in [2.05, 4.69) is 15.9 Å². The van der Waals surface area contributed by atoms with Crippen LogP contribution in [0.15, 0.2) is 22.0 Å². The number of hydrogen-bond donors (Lipinski definition) is 0. The van der Waals surface area contributed by atoms with E-state index in [9.17, 15) is 9.59 Å². The van der Waals surface area contributed by atoms with Crippen molar-refractivity contribution in [2.24, 2.45) is 0 Å². The molecule has 1 unspecified atom stereocenters. The van der Waals surface area contributed by atoms with Gasteiger partial charge >= 0.3 is 5.97 Å². The smallest absolute Gasteiger partial charge is 0.315 e. The molecular weight excluding hydrogens is 390 g/mol. The third kappa shape index (κ3) is 3.09. The number of hydrogen-bond acceptors (Lipinski definition) is 4. The summed E-state index contributed by atoms with van der Waals surface area (Å²) in [7, 11) is 0. The summed E-state index contributed by atoms with van der Waals surface area (Å²) >= 11 is 4.87. The van der Waals surface area contributed by atoms with Crippen molar-refractivity contribution in [3.05, 3.63) is 43.8 Å². The van der Waals surface area contributed by atoms with Crippen LogP contribution in [0.5, 0.6) is 0 Å². The van der Waals surface area contributed by atoms with E-state index in [-0.39, 0.29) is 23.8 Å². The standard InChI is InChI=1S/C18H20BrNO3S/c1-10(2)23-18(22)12-5-4-7-20-14(12)9-11(3)15(20)16(21)17-13(19)6-8-24-17/h6,8-10,12H,4-5,7H2,1-3H3. The highest BCUT2D eigenvalue weighted by atomic mass is 79.9. The number of nitrogens with zero attached hydrogens (tertiary/aromatic N) is 1. The summed E-state index contributed by atoms with van der Waals surface area (Å²) in [6.07, 6.45) is 1.50. The Morgan fingerprint density at radius 2 is 2.17 bits per heavy atom. The lowest BCUT2D eigenvalue weighted by Gasteiger charge is -2.25. The van der Waals surface area contributed by atoms with E-state index < -0.39 is 0 Å². The highest BCUT2D eigenvalue weighted by Crippen LogP contribution is 2.35. The molecule has 0 bridgehead atoms. The molecule has 0 N–H and O–H groups in total. The third-order valence-corrected chi connectivity index (χ3v) is 6.06. The number of aryl methyl sites for hydroxylation is 1. The minimum absolute atomic E-state index is 0.0125. The summed E-state index contributed by atoms with van der Waals surface area (Å²) in [5, 5.41) is 1.90. The monoisotopic (exact) mass is 409 g/mol. The maximum Gasteiger partial charge on any atom is 0.315 e. The second-order valence-electron chi connectivity index (χ2n) is 6.36. The number of halogens is 1. The average Bonchev–Trinajstić information content (AvgIpc) is 3.07. The number of ether oxygens (including phenoxy) is 1. The number of ketones is 1. The van der Waals surface area contributed by atoms with Crippen molar-refractivity contribution in [1.82, 2.24) is 4.57 Å². The van der Waals surface area contributed by atoms with E-state index in [0.717, 1.165) is 35.1 Å². The molecule has 2 aromatic heterocycles. The minimum Gasteiger partial charge on any atom is -0.462 e. The second-order valence-corrected chi connectivity index (χ2v) is 8.13. The van der Waals surface area contributed by atoms with Crippen LogP contribution in [0.4, 0.5) is 0 Å². The maximum absolute atomic E-state index is 13.0. The zero-order chi connectivity index (χ0) is 17.4. The Kier molecular flexibility index (Phi) is 4.97. The van der Waals surface area contributed by atoms with Gasteiger partial charge in [0.05, 0.1) is 22.6 Å². The van der Waals surface area contributed by atoms with Crippen molar-refractivity contribution in [2.75, 3.05) is 0 Å². The van der Waals surface area contributed by atoms with Crippen LogP contribution in [0.3, 0.4) is 0 Å². The number of fused-ring (bicyclic) bond motifs is 1. The van der Waals surface area contributed by atoms with Crippen molar-refractivity contribution in [3.8, 4) is 0 Å². The topological polar surface area (TPSA) is 48.3 Å². The summed E-state index contributed by atoms with van der Waals surface area (Å²) in [6.45, 7) is 6.41. The first-order valence-electron chi connectivity index (χ1n) is 8.08. The fourth-order valence-corrected chi connectivity index (χ4v) is 4.75. The fraction of sp³-hybridized carbons (Fsp3) is 0.444. The Bertz CT molecular complexity index is 790. The lowest BCUT2D eigenvalue weighted by Crippen LogP contribution is -2.27. The van der Waals surface area contributed by atoms with E-state index in [4.69, 9.17) is 4.74 Å². The van der Waals surface area contributed by atoms with E-state index in [0.29, 0.717) is 10.6 Å². The predicted molar refractivity (Wildman–Crippen MR) is 97.8 cm³/mol. The Labute approximate surface area is 153 Å². The molecule has 0 saturated heterocycles. The quantitative estimate of drug-likeness (QED) is 0.543. The number of carbonyl (C=O) groups excluding carboxylic acids is 2. The molecule has 128 valence electrons. The molecule has 0 saturated carbocycles. The first-order chi connectivity index (χ1) is 11.4. The average molecular weight is 410 g/mol. The number of aromatic nitrogens is 1. The van der Waals surface area contributed by atoms with E-state index in [1.807, 2.05) is 42.9 Å². The van der Waals surface area contributed by atoms with Crippen LogP contribution in [0, 0.1) is 6.92 Å². The fourth-order valence-electron chi connectivity index (χ4n) is 3.26. The van der Waals surface area contributed by atoms with Gasteiger partial charge in [-0.3, -0.25) is 9.59 Å². The Morgan fingerprint density at radius 1 is 1.42 bits per heavy atom. The molecule has 1 aliphatic rings. The van der Waals surface area contributed by atoms with Crippen LogP contribution < -0.4 is 0 Å². The molecule has 0 radical (unpaired) electrons. The zero-order valence-corrected chi connectivity index (χ0v) is 16.4. The molecule has 0 spiro atoms. The van der Waals surface area contributed by atoms with Crippen molar-refractivity contribution in [3.63, 3.8) is 0 Å². The summed E-state index contributed by atoms with van der Waals surface area (Å²) in [6, 6.07) is 3.86. The minimum atomic E-state index is -0.284. The molecule has 2 aromatic rings. The number of rotatable bonds is 4. The van der Waals surface area contributed by atoms with Gasteiger partial charge in [-0.25, -0.2) is 0 Å². The summed E-state index contributed by atoms with van der Waals surface area (Å²) in [4.78, 5) is 26.1. The van der Waals surface area contributed by atoms with Crippen molar-refractivity contribution in [2.45, 2.75) is 52.2 Å². The highest BCUT2D eigenvalue weighted by molar-refractivity contribution is 9.10. The van der Waals surface area contributed by atoms with Gasteiger partial charge < -0.3 is 9.30 Å². The van der Waals surface area contributed by atoms with Crippen LogP contribution in [-0.2, 0) is 16.1 Å². The molecule has 1 aliphatic heterocycles. The van der Waals surface area contributed by atoms with Crippen molar-refractivity contribution < 1.29 is 14.3 Å². The van der Waals surface area contributed by atoms with Gasteiger partial charge in [-0.2, -0.15) is 0 Å².